The van der Waals surface area contributed by atoms with E-state index in [0.717, 1.165) is 11.3 Å². The van der Waals surface area contributed by atoms with Gasteiger partial charge in [-0.3, -0.25) is 0 Å². The van der Waals surface area contributed by atoms with Crippen LogP contribution < -0.4 is 0 Å². The van der Waals surface area contributed by atoms with E-state index in [4.69, 9.17) is 5.26 Å². The highest BCUT2D eigenvalue weighted by atomic mass is 15.3. The van der Waals surface area contributed by atoms with Crippen LogP contribution in [-0.2, 0) is 0 Å². The van der Waals surface area contributed by atoms with E-state index in [9.17, 15) is 0 Å². The Kier molecular flexibility index (Phi) is 2.70. The minimum atomic E-state index is 0.464. The second kappa shape index (κ2) is 4.82. The average Bonchev–Trinajstić information content (AvgIpc) is 3.24. The lowest BCUT2D eigenvalue weighted by molar-refractivity contribution is 0.945. The van der Waals surface area contributed by atoms with Gasteiger partial charge in [0.05, 0.1) is 6.33 Å². The van der Waals surface area contributed by atoms with Crippen molar-refractivity contribution >= 4 is 5.65 Å². The van der Waals surface area contributed by atoms with E-state index >= 15 is 0 Å². The Bertz CT molecular complexity index is 974. The van der Waals surface area contributed by atoms with Crippen molar-refractivity contribution in [1.29, 1.82) is 5.26 Å². The first-order valence-electron chi connectivity index (χ1n) is 6.70. The van der Waals surface area contributed by atoms with Crippen LogP contribution in [0.5, 0.6) is 0 Å². The monoisotopic (exact) mass is 286 g/mol. The molecule has 0 aliphatic heterocycles. The van der Waals surface area contributed by atoms with Crippen molar-refractivity contribution in [3.8, 4) is 23.1 Å². The van der Waals surface area contributed by atoms with Crippen molar-refractivity contribution < 1.29 is 0 Å². The Morgan fingerprint density at radius 2 is 1.91 bits per heavy atom. The number of hydrogen-bond acceptors (Lipinski definition) is 4. The largest absolute Gasteiger partial charge is 0.306 e. The quantitative estimate of drug-likeness (QED) is 0.567. The predicted octanol–water partition coefficient (Wildman–Crippen LogP) is 2.45. The minimum Gasteiger partial charge on any atom is -0.306 e. The summed E-state index contributed by atoms with van der Waals surface area (Å²) in [7, 11) is 0. The maximum Gasteiger partial charge on any atom is 0.182 e. The number of hydrogen-bond donors (Lipinski definition) is 0. The van der Waals surface area contributed by atoms with Gasteiger partial charge in [0.25, 0.3) is 0 Å². The SMILES string of the molecule is N#Cc1cccc2nc(-c3ccc(-n4ccnc4)cc3)nn12. The van der Waals surface area contributed by atoms with Crippen LogP contribution in [-0.4, -0.2) is 24.1 Å². The van der Waals surface area contributed by atoms with Crippen LogP contribution in [0.2, 0.25) is 0 Å². The Morgan fingerprint density at radius 3 is 2.64 bits per heavy atom. The van der Waals surface area contributed by atoms with Gasteiger partial charge < -0.3 is 4.57 Å². The van der Waals surface area contributed by atoms with Crippen LogP contribution in [0, 0.1) is 11.3 Å². The molecule has 0 bridgehead atoms. The van der Waals surface area contributed by atoms with E-state index in [-0.39, 0.29) is 0 Å². The molecule has 6 heteroatoms. The number of fused-ring (bicyclic) bond motifs is 1. The highest BCUT2D eigenvalue weighted by molar-refractivity contribution is 5.60. The Balaban J connectivity index is 1.77. The summed E-state index contributed by atoms with van der Waals surface area (Å²) < 4.78 is 3.48. The van der Waals surface area contributed by atoms with Gasteiger partial charge in [0.15, 0.2) is 11.5 Å². The first kappa shape index (κ1) is 12.3. The summed E-state index contributed by atoms with van der Waals surface area (Å²) >= 11 is 0. The fourth-order valence-corrected chi connectivity index (χ4v) is 2.31. The van der Waals surface area contributed by atoms with Gasteiger partial charge in [-0.1, -0.05) is 6.07 Å². The smallest absolute Gasteiger partial charge is 0.182 e. The molecule has 104 valence electrons. The molecule has 0 saturated heterocycles. The minimum absolute atomic E-state index is 0.464. The molecule has 0 N–H and O–H groups in total. The van der Waals surface area contributed by atoms with Crippen LogP contribution >= 0.6 is 0 Å². The Morgan fingerprint density at radius 1 is 1.05 bits per heavy atom. The van der Waals surface area contributed by atoms with Crippen molar-refractivity contribution in [3.05, 3.63) is 66.9 Å². The molecule has 0 fully saturated rings. The molecular formula is C16H10N6. The van der Waals surface area contributed by atoms with E-state index in [0.29, 0.717) is 17.2 Å². The average molecular weight is 286 g/mol. The van der Waals surface area contributed by atoms with Gasteiger partial charge in [-0.2, -0.15) is 5.26 Å². The van der Waals surface area contributed by atoms with E-state index < -0.39 is 0 Å². The van der Waals surface area contributed by atoms with E-state index in [1.54, 1.807) is 29.2 Å². The zero-order valence-electron chi connectivity index (χ0n) is 11.5. The van der Waals surface area contributed by atoms with Crippen LogP contribution in [0.25, 0.3) is 22.7 Å². The second-order valence-electron chi connectivity index (χ2n) is 4.75. The molecule has 1 aromatic carbocycles. The molecule has 6 nitrogen and oxygen atoms in total. The molecule has 3 aromatic heterocycles. The molecule has 4 rings (SSSR count). The third-order valence-corrected chi connectivity index (χ3v) is 3.40. The Labute approximate surface area is 125 Å². The number of nitriles is 1. The summed E-state index contributed by atoms with van der Waals surface area (Å²) in [5.41, 5.74) is 3.04. The van der Waals surface area contributed by atoms with E-state index in [2.05, 4.69) is 21.1 Å². The van der Waals surface area contributed by atoms with Gasteiger partial charge in [-0.05, 0) is 36.4 Å². The summed E-state index contributed by atoms with van der Waals surface area (Å²) in [6.45, 7) is 0. The number of benzene rings is 1. The van der Waals surface area contributed by atoms with E-state index in [1.807, 2.05) is 41.1 Å². The molecule has 0 amide bonds. The summed E-state index contributed by atoms with van der Waals surface area (Å²) in [6, 6.07) is 15.3. The van der Waals surface area contributed by atoms with Gasteiger partial charge in [0, 0.05) is 23.6 Å². The Hall–Kier alpha value is -3.46. The number of imidazole rings is 1. The van der Waals surface area contributed by atoms with Crippen molar-refractivity contribution in [2.75, 3.05) is 0 Å². The van der Waals surface area contributed by atoms with Gasteiger partial charge in [-0.15, -0.1) is 5.10 Å². The number of aromatic nitrogens is 5. The summed E-state index contributed by atoms with van der Waals surface area (Å²) in [4.78, 5) is 8.50. The molecule has 0 unspecified atom stereocenters. The fraction of sp³-hybridized carbons (Fsp3) is 0. The topological polar surface area (TPSA) is 71.8 Å². The third kappa shape index (κ3) is 1.93. The lowest BCUT2D eigenvalue weighted by atomic mass is 10.2. The first-order chi connectivity index (χ1) is 10.8. The van der Waals surface area contributed by atoms with Crippen molar-refractivity contribution in [1.82, 2.24) is 24.1 Å². The van der Waals surface area contributed by atoms with Gasteiger partial charge >= 0.3 is 0 Å². The molecule has 0 aliphatic carbocycles. The highest BCUT2D eigenvalue weighted by Crippen LogP contribution is 2.19. The lowest BCUT2D eigenvalue weighted by Gasteiger charge is -2.02. The molecule has 22 heavy (non-hydrogen) atoms. The van der Waals surface area contributed by atoms with Gasteiger partial charge in [-0.25, -0.2) is 14.5 Å². The summed E-state index contributed by atoms with van der Waals surface area (Å²) in [6.07, 6.45) is 5.37. The van der Waals surface area contributed by atoms with Crippen LogP contribution in [0.3, 0.4) is 0 Å². The van der Waals surface area contributed by atoms with Crippen LogP contribution in [0.15, 0.2) is 61.2 Å². The number of pyridine rings is 1. The highest BCUT2D eigenvalue weighted by Gasteiger charge is 2.09. The normalized spacial score (nSPS) is 10.7. The van der Waals surface area contributed by atoms with Crippen molar-refractivity contribution in [3.63, 3.8) is 0 Å². The fourth-order valence-electron chi connectivity index (χ4n) is 2.31. The summed E-state index contributed by atoms with van der Waals surface area (Å²) in [5, 5.41) is 13.5. The molecule has 0 atom stereocenters. The van der Waals surface area contributed by atoms with Crippen LogP contribution in [0.1, 0.15) is 5.69 Å². The third-order valence-electron chi connectivity index (χ3n) is 3.40. The standard InChI is InChI=1S/C16H10N6/c17-10-14-2-1-3-15-19-16(20-22(14)15)12-4-6-13(7-5-12)21-9-8-18-11-21/h1-9,11H. The predicted molar refractivity (Wildman–Crippen MR) is 80.3 cm³/mol. The first-order valence-corrected chi connectivity index (χ1v) is 6.70. The second-order valence-corrected chi connectivity index (χ2v) is 4.75. The zero-order chi connectivity index (χ0) is 14.9. The van der Waals surface area contributed by atoms with Crippen molar-refractivity contribution in [2.24, 2.45) is 0 Å². The lowest BCUT2D eigenvalue weighted by Crippen LogP contribution is -1.93. The van der Waals surface area contributed by atoms with Gasteiger partial charge in [0.1, 0.15) is 11.8 Å². The molecule has 0 aliphatic rings. The zero-order valence-corrected chi connectivity index (χ0v) is 11.5. The molecular weight excluding hydrogens is 276 g/mol. The molecule has 0 spiro atoms. The molecule has 3 heterocycles. The molecule has 0 radical (unpaired) electrons. The number of rotatable bonds is 2. The molecule has 0 saturated carbocycles. The van der Waals surface area contributed by atoms with Crippen LogP contribution in [0.4, 0.5) is 0 Å². The summed E-state index contributed by atoms with van der Waals surface area (Å²) in [5.74, 6) is 0.597. The van der Waals surface area contributed by atoms with Gasteiger partial charge in [0.2, 0.25) is 0 Å². The number of nitrogens with zero attached hydrogens (tertiary/aromatic N) is 6. The maximum atomic E-state index is 9.11. The van der Waals surface area contributed by atoms with E-state index in [1.165, 1.54) is 0 Å². The maximum absolute atomic E-state index is 9.11. The molecule has 4 aromatic rings. The van der Waals surface area contributed by atoms with Crippen molar-refractivity contribution in [2.45, 2.75) is 0 Å².